The van der Waals surface area contributed by atoms with E-state index in [0.29, 0.717) is 5.69 Å². The first-order valence-corrected chi connectivity index (χ1v) is 8.94. The van der Waals surface area contributed by atoms with E-state index in [-0.39, 0.29) is 11.4 Å². The van der Waals surface area contributed by atoms with E-state index in [4.69, 9.17) is 4.18 Å². The molecule has 0 aromatic heterocycles. The van der Waals surface area contributed by atoms with Crippen LogP contribution in [0.4, 0.5) is 16.2 Å². The maximum Gasteiger partial charge on any atom is 0.323 e. The number of amides is 2. The Bertz CT molecular complexity index is 706. The molecule has 0 saturated carbocycles. The van der Waals surface area contributed by atoms with Crippen molar-refractivity contribution in [2.45, 2.75) is 33.1 Å². The molecular weight excluding hydrogens is 320 g/mol. The van der Waals surface area contributed by atoms with Crippen LogP contribution in [0.25, 0.3) is 0 Å². The van der Waals surface area contributed by atoms with E-state index in [2.05, 4.69) is 31.4 Å². The summed E-state index contributed by atoms with van der Waals surface area (Å²) in [6, 6.07) is 13.2. The van der Waals surface area contributed by atoms with Gasteiger partial charge in [-0.3, -0.25) is 0 Å². The van der Waals surface area contributed by atoms with Crippen molar-refractivity contribution < 1.29 is 8.98 Å². The minimum absolute atomic E-state index is 0.0936. The van der Waals surface area contributed by atoms with Crippen molar-refractivity contribution in [2.24, 2.45) is 0 Å². The number of anilines is 2. The van der Waals surface area contributed by atoms with Crippen molar-refractivity contribution in [3.05, 3.63) is 53.6 Å². The van der Waals surface area contributed by atoms with Gasteiger partial charge in [0.15, 0.2) is 0 Å². The van der Waals surface area contributed by atoms with Crippen LogP contribution in [0.1, 0.15) is 31.9 Å². The highest BCUT2D eigenvalue weighted by Gasteiger charge is 2.13. The Kier molecular flexibility index (Phi) is 5.78. The van der Waals surface area contributed by atoms with Gasteiger partial charge in [-0.2, -0.15) is 0 Å². The summed E-state index contributed by atoms with van der Waals surface area (Å²) >= 11 is 1.27. The number of carbonyl (C=O) groups excluding carboxylic acids is 1. The average molecular weight is 344 g/mol. The SMILES string of the molecule is CSOc1cc(NC(=O)Nc2ccc(C(C)(C)C)cc2)ccc1C. The lowest BCUT2D eigenvalue weighted by Gasteiger charge is -2.19. The molecule has 2 aromatic carbocycles. The maximum absolute atomic E-state index is 12.1. The largest absolute Gasteiger partial charge is 0.426 e. The Morgan fingerprint density at radius 1 is 1.00 bits per heavy atom. The normalized spacial score (nSPS) is 11.0. The van der Waals surface area contributed by atoms with Crippen LogP contribution in [-0.4, -0.2) is 12.3 Å². The second-order valence-electron chi connectivity index (χ2n) is 6.64. The van der Waals surface area contributed by atoms with Crippen molar-refractivity contribution in [3.63, 3.8) is 0 Å². The highest BCUT2D eigenvalue weighted by molar-refractivity contribution is 7.94. The Hall–Kier alpha value is -2.14. The van der Waals surface area contributed by atoms with Crippen molar-refractivity contribution in [1.29, 1.82) is 0 Å². The zero-order chi connectivity index (χ0) is 17.7. The minimum atomic E-state index is -0.280. The molecule has 2 rings (SSSR count). The van der Waals surface area contributed by atoms with Crippen LogP contribution < -0.4 is 14.8 Å². The number of nitrogens with one attached hydrogen (secondary N) is 2. The summed E-state index contributed by atoms with van der Waals surface area (Å²) in [5, 5.41) is 5.66. The molecule has 2 amide bonds. The number of rotatable bonds is 4. The quantitative estimate of drug-likeness (QED) is 0.711. The molecule has 0 aliphatic carbocycles. The van der Waals surface area contributed by atoms with Gasteiger partial charge in [-0.15, -0.1) is 0 Å². The van der Waals surface area contributed by atoms with Gasteiger partial charge in [-0.25, -0.2) is 4.79 Å². The monoisotopic (exact) mass is 344 g/mol. The van der Waals surface area contributed by atoms with Gasteiger partial charge in [-0.1, -0.05) is 39.0 Å². The van der Waals surface area contributed by atoms with Crippen molar-refractivity contribution in [1.82, 2.24) is 0 Å². The second-order valence-corrected chi connectivity index (χ2v) is 7.14. The minimum Gasteiger partial charge on any atom is -0.426 e. The van der Waals surface area contributed by atoms with Gasteiger partial charge in [0.05, 0.1) is 12.0 Å². The average Bonchev–Trinajstić information content (AvgIpc) is 2.50. The van der Waals surface area contributed by atoms with Crippen LogP contribution in [0, 0.1) is 6.92 Å². The van der Waals surface area contributed by atoms with E-state index in [0.717, 1.165) is 17.0 Å². The lowest BCUT2D eigenvalue weighted by Crippen LogP contribution is -2.19. The van der Waals surface area contributed by atoms with Crippen LogP contribution >= 0.6 is 12.0 Å². The molecule has 0 heterocycles. The van der Waals surface area contributed by atoms with Gasteiger partial charge in [0.2, 0.25) is 0 Å². The van der Waals surface area contributed by atoms with E-state index in [1.165, 1.54) is 17.6 Å². The summed E-state index contributed by atoms with van der Waals surface area (Å²) < 4.78 is 5.47. The van der Waals surface area contributed by atoms with E-state index in [9.17, 15) is 4.79 Å². The van der Waals surface area contributed by atoms with E-state index in [1.54, 1.807) is 0 Å². The van der Waals surface area contributed by atoms with E-state index >= 15 is 0 Å². The highest BCUT2D eigenvalue weighted by Crippen LogP contribution is 2.26. The fourth-order valence-corrected chi connectivity index (χ4v) is 2.56. The van der Waals surface area contributed by atoms with Crippen molar-refractivity contribution in [3.8, 4) is 5.75 Å². The van der Waals surface area contributed by atoms with Gasteiger partial charge in [-0.05, 0) is 41.7 Å². The van der Waals surface area contributed by atoms with E-state index in [1.807, 2.05) is 55.6 Å². The third-order valence-electron chi connectivity index (χ3n) is 3.63. The lowest BCUT2D eigenvalue weighted by molar-refractivity contribution is 0.262. The standard InChI is InChI=1S/C19H24N2O2S/c1-13-6-9-16(12-17(13)23-24-5)21-18(22)20-15-10-7-14(8-11-15)19(2,3)4/h6-12H,1-5H3,(H2,20,21,22). The number of hydrogen-bond donors (Lipinski definition) is 2. The summed E-state index contributed by atoms with van der Waals surface area (Å²) in [5.74, 6) is 0.745. The Labute approximate surface area is 148 Å². The molecule has 0 bridgehead atoms. The molecule has 5 heteroatoms. The van der Waals surface area contributed by atoms with Crippen LogP contribution in [0.15, 0.2) is 42.5 Å². The van der Waals surface area contributed by atoms with Crippen molar-refractivity contribution >= 4 is 29.4 Å². The second kappa shape index (κ2) is 7.62. The summed E-state index contributed by atoms with van der Waals surface area (Å²) in [5.41, 5.74) is 3.79. The van der Waals surface area contributed by atoms with Gasteiger partial charge in [0.25, 0.3) is 0 Å². The van der Waals surface area contributed by atoms with Crippen molar-refractivity contribution in [2.75, 3.05) is 16.9 Å². The summed E-state index contributed by atoms with van der Waals surface area (Å²) in [6.45, 7) is 8.45. The van der Waals surface area contributed by atoms with Gasteiger partial charge in [0, 0.05) is 23.7 Å². The molecule has 0 unspecified atom stereocenters. The first-order chi connectivity index (χ1) is 11.3. The zero-order valence-corrected chi connectivity index (χ0v) is 15.6. The molecule has 4 nitrogen and oxygen atoms in total. The fraction of sp³-hybridized carbons (Fsp3) is 0.316. The Morgan fingerprint density at radius 2 is 1.58 bits per heavy atom. The molecule has 2 N–H and O–H groups in total. The molecule has 0 atom stereocenters. The smallest absolute Gasteiger partial charge is 0.323 e. The summed E-state index contributed by atoms with van der Waals surface area (Å²) in [4.78, 5) is 12.1. The van der Waals surface area contributed by atoms with Crippen LogP contribution in [0.5, 0.6) is 5.75 Å². The molecule has 24 heavy (non-hydrogen) atoms. The first-order valence-electron chi connectivity index (χ1n) is 7.79. The molecular formula is C19H24N2O2S. The molecule has 2 aromatic rings. The molecule has 0 aliphatic heterocycles. The van der Waals surface area contributed by atoms with Gasteiger partial charge >= 0.3 is 6.03 Å². The summed E-state index contributed by atoms with van der Waals surface area (Å²) in [6.07, 6.45) is 1.85. The molecule has 0 fully saturated rings. The number of benzene rings is 2. The third kappa shape index (κ3) is 4.93. The predicted octanol–water partition coefficient (Wildman–Crippen LogP) is 5.59. The highest BCUT2D eigenvalue weighted by atomic mass is 32.2. The topological polar surface area (TPSA) is 50.4 Å². The zero-order valence-electron chi connectivity index (χ0n) is 14.8. The van der Waals surface area contributed by atoms with Crippen LogP contribution in [-0.2, 0) is 5.41 Å². The number of carbonyl (C=O) groups is 1. The maximum atomic E-state index is 12.1. The molecule has 0 saturated heterocycles. The van der Waals surface area contributed by atoms with E-state index < -0.39 is 0 Å². The van der Waals surface area contributed by atoms with Crippen LogP contribution in [0.2, 0.25) is 0 Å². The molecule has 0 aliphatic rings. The molecule has 0 radical (unpaired) electrons. The number of hydrogen-bond acceptors (Lipinski definition) is 3. The predicted molar refractivity (Wildman–Crippen MR) is 103 cm³/mol. The van der Waals surface area contributed by atoms with Gasteiger partial charge < -0.3 is 14.8 Å². The summed E-state index contributed by atoms with van der Waals surface area (Å²) in [7, 11) is 0. The number of urea groups is 1. The third-order valence-corrected chi connectivity index (χ3v) is 3.97. The molecule has 0 spiro atoms. The first kappa shape index (κ1) is 18.2. The fourth-order valence-electron chi connectivity index (χ4n) is 2.20. The van der Waals surface area contributed by atoms with Crippen LogP contribution in [0.3, 0.4) is 0 Å². The number of aryl methyl sites for hydroxylation is 1. The van der Waals surface area contributed by atoms with Gasteiger partial charge in [0.1, 0.15) is 5.75 Å². The Balaban J connectivity index is 2.02. The molecule has 128 valence electrons. The lowest BCUT2D eigenvalue weighted by atomic mass is 9.87. The Morgan fingerprint density at radius 3 is 2.17 bits per heavy atom.